The van der Waals surface area contributed by atoms with E-state index in [0.717, 1.165) is 19.4 Å². The van der Waals surface area contributed by atoms with Crippen molar-refractivity contribution < 1.29 is 19.1 Å². The number of rotatable bonds is 9. The van der Waals surface area contributed by atoms with Crippen LogP contribution in [0, 0.1) is 0 Å². The minimum atomic E-state index is -0.529. The molecule has 0 saturated carbocycles. The SMILES string of the molecule is COC(=O)/C=C/C(C(=O)OC)=C(/C)NCCc1ccccc1.NCCc1ccccc1. The lowest BCUT2D eigenvalue weighted by molar-refractivity contribution is -0.135. The predicted molar refractivity (Wildman–Crippen MR) is 123 cm³/mol. The van der Waals surface area contributed by atoms with Crippen LogP contribution in [0.2, 0.25) is 0 Å². The highest BCUT2D eigenvalue weighted by molar-refractivity contribution is 5.94. The van der Waals surface area contributed by atoms with E-state index in [-0.39, 0.29) is 0 Å². The molecule has 2 aromatic rings. The van der Waals surface area contributed by atoms with Crippen molar-refractivity contribution in [1.29, 1.82) is 0 Å². The van der Waals surface area contributed by atoms with Gasteiger partial charge in [-0.3, -0.25) is 0 Å². The first-order valence-electron chi connectivity index (χ1n) is 10.1. The van der Waals surface area contributed by atoms with Crippen LogP contribution < -0.4 is 11.1 Å². The number of ether oxygens (including phenoxy) is 2. The first-order valence-corrected chi connectivity index (χ1v) is 10.1. The molecule has 0 unspecified atom stereocenters. The van der Waals surface area contributed by atoms with Crippen molar-refractivity contribution in [3.63, 3.8) is 0 Å². The van der Waals surface area contributed by atoms with Gasteiger partial charge in [-0.2, -0.15) is 0 Å². The fourth-order valence-corrected chi connectivity index (χ4v) is 2.62. The van der Waals surface area contributed by atoms with Crippen LogP contribution in [0.15, 0.2) is 84.1 Å². The number of carbonyl (C=O) groups is 2. The Morgan fingerprint density at radius 2 is 1.42 bits per heavy atom. The van der Waals surface area contributed by atoms with Gasteiger partial charge in [0.15, 0.2) is 0 Å². The molecule has 0 aliphatic carbocycles. The molecule has 0 amide bonds. The van der Waals surface area contributed by atoms with E-state index >= 15 is 0 Å². The van der Waals surface area contributed by atoms with Crippen LogP contribution in [-0.2, 0) is 31.9 Å². The molecular weight excluding hydrogens is 392 g/mol. The highest BCUT2D eigenvalue weighted by Gasteiger charge is 2.11. The second kappa shape index (κ2) is 15.5. The van der Waals surface area contributed by atoms with Crippen molar-refractivity contribution in [2.24, 2.45) is 5.73 Å². The quantitative estimate of drug-likeness (QED) is 0.365. The van der Waals surface area contributed by atoms with Crippen molar-refractivity contribution in [1.82, 2.24) is 5.32 Å². The van der Waals surface area contributed by atoms with Crippen molar-refractivity contribution >= 4 is 11.9 Å². The monoisotopic (exact) mass is 424 g/mol. The van der Waals surface area contributed by atoms with Crippen LogP contribution in [0.1, 0.15) is 18.1 Å². The second-order valence-electron chi connectivity index (χ2n) is 6.57. The number of carbonyl (C=O) groups excluding carboxylic acids is 2. The van der Waals surface area contributed by atoms with E-state index < -0.39 is 11.9 Å². The van der Waals surface area contributed by atoms with Gasteiger partial charge >= 0.3 is 11.9 Å². The van der Waals surface area contributed by atoms with Crippen LogP contribution in [0.25, 0.3) is 0 Å². The molecule has 0 aliphatic heterocycles. The van der Waals surface area contributed by atoms with Gasteiger partial charge < -0.3 is 20.5 Å². The zero-order valence-corrected chi connectivity index (χ0v) is 18.5. The maximum atomic E-state index is 11.8. The molecule has 2 aromatic carbocycles. The van der Waals surface area contributed by atoms with Crippen molar-refractivity contribution in [3.05, 3.63) is 95.2 Å². The Bertz CT molecular complexity index is 846. The van der Waals surface area contributed by atoms with Crippen LogP contribution in [0.5, 0.6) is 0 Å². The van der Waals surface area contributed by atoms with Gasteiger partial charge in [-0.05, 0) is 43.5 Å². The molecule has 166 valence electrons. The Hall–Kier alpha value is -3.38. The normalized spacial score (nSPS) is 11.1. The van der Waals surface area contributed by atoms with Gasteiger partial charge in [-0.25, -0.2) is 9.59 Å². The average Bonchev–Trinajstić information content (AvgIpc) is 2.81. The van der Waals surface area contributed by atoms with Gasteiger partial charge in [-0.1, -0.05) is 60.7 Å². The maximum absolute atomic E-state index is 11.8. The molecule has 0 atom stereocenters. The highest BCUT2D eigenvalue weighted by atomic mass is 16.5. The second-order valence-corrected chi connectivity index (χ2v) is 6.57. The van der Waals surface area contributed by atoms with Crippen LogP contribution in [-0.4, -0.2) is 39.2 Å². The molecule has 0 saturated heterocycles. The third kappa shape index (κ3) is 10.8. The standard InChI is InChI=1S/C17H21NO4.C8H11N/c1-13(18-12-11-14-7-5-4-6-8-14)15(17(20)22-3)9-10-16(19)21-2;9-7-6-8-4-2-1-3-5-8/h4-10,18H,11-12H2,1-3H3;1-5H,6-7,9H2/b10-9+,15-13+;. The van der Waals surface area contributed by atoms with Crippen LogP contribution in [0.4, 0.5) is 0 Å². The summed E-state index contributed by atoms with van der Waals surface area (Å²) in [6.07, 6.45) is 4.39. The zero-order chi connectivity index (χ0) is 22.9. The molecule has 0 aromatic heterocycles. The molecular formula is C25H32N2O4. The molecule has 6 nitrogen and oxygen atoms in total. The number of hydrogen-bond acceptors (Lipinski definition) is 6. The summed E-state index contributed by atoms with van der Waals surface area (Å²) >= 11 is 0. The number of benzene rings is 2. The summed E-state index contributed by atoms with van der Waals surface area (Å²) in [6, 6.07) is 20.3. The Balaban J connectivity index is 0.000000442. The predicted octanol–water partition coefficient (Wildman–Crippen LogP) is 3.18. The average molecular weight is 425 g/mol. The summed E-state index contributed by atoms with van der Waals surface area (Å²) in [5.74, 6) is -1.04. The summed E-state index contributed by atoms with van der Waals surface area (Å²) in [7, 11) is 2.57. The number of allylic oxidation sites excluding steroid dienone is 1. The smallest absolute Gasteiger partial charge is 0.339 e. The van der Waals surface area contributed by atoms with Gasteiger partial charge in [0.1, 0.15) is 0 Å². The van der Waals surface area contributed by atoms with Crippen molar-refractivity contribution in [2.45, 2.75) is 19.8 Å². The number of nitrogens with two attached hydrogens (primary N) is 1. The van der Waals surface area contributed by atoms with E-state index in [4.69, 9.17) is 10.5 Å². The Labute approximate surface area is 184 Å². The molecule has 0 bridgehead atoms. The van der Waals surface area contributed by atoms with Crippen molar-refractivity contribution in [3.8, 4) is 0 Å². The number of methoxy groups -OCH3 is 2. The lowest BCUT2D eigenvalue weighted by Gasteiger charge is -2.10. The van der Waals surface area contributed by atoms with E-state index in [1.165, 1.54) is 37.5 Å². The minimum Gasteiger partial charge on any atom is -0.466 e. The molecule has 0 heterocycles. The van der Waals surface area contributed by atoms with Gasteiger partial charge in [0.2, 0.25) is 0 Å². The first kappa shape index (κ1) is 25.7. The fraction of sp³-hybridized carbons (Fsp3) is 0.280. The van der Waals surface area contributed by atoms with Gasteiger partial charge in [-0.15, -0.1) is 0 Å². The minimum absolute atomic E-state index is 0.293. The van der Waals surface area contributed by atoms with E-state index in [1.54, 1.807) is 6.92 Å². The Morgan fingerprint density at radius 1 is 0.871 bits per heavy atom. The molecule has 31 heavy (non-hydrogen) atoms. The third-order valence-electron chi connectivity index (χ3n) is 4.32. The molecule has 0 aliphatic rings. The molecule has 0 spiro atoms. The van der Waals surface area contributed by atoms with Crippen LogP contribution >= 0.6 is 0 Å². The zero-order valence-electron chi connectivity index (χ0n) is 18.5. The number of esters is 2. The van der Waals surface area contributed by atoms with E-state index in [1.807, 2.05) is 48.5 Å². The topological polar surface area (TPSA) is 90.7 Å². The molecule has 2 rings (SSSR count). The third-order valence-corrected chi connectivity index (χ3v) is 4.32. The highest BCUT2D eigenvalue weighted by Crippen LogP contribution is 2.07. The molecule has 0 fully saturated rings. The Kier molecular flexibility index (Phi) is 12.8. The summed E-state index contributed by atoms with van der Waals surface area (Å²) in [6.45, 7) is 3.17. The van der Waals surface area contributed by atoms with Crippen molar-refractivity contribution in [2.75, 3.05) is 27.3 Å². The summed E-state index contributed by atoms with van der Waals surface area (Å²) < 4.78 is 9.24. The Morgan fingerprint density at radius 3 is 1.90 bits per heavy atom. The van der Waals surface area contributed by atoms with Gasteiger partial charge in [0.25, 0.3) is 0 Å². The lowest BCUT2D eigenvalue weighted by Crippen LogP contribution is -2.19. The summed E-state index contributed by atoms with van der Waals surface area (Å²) in [5, 5.41) is 3.16. The van der Waals surface area contributed by atoms with E-state index in [0.29, 0.717) is 17.8 Å². The molecule has 6 heteroatoms. The van der Waals surface area contributed by atoms with E-state index in [9.17, 15) is 9.59 Å². The summed E-state index contributed by atoms with van der Waals surface area (Å²) in [5.41, 5.74) is 8.82. The molecule has 3 N–H and O–H groups in total. The summed E-state index contributed by atoms with van der Waals surface area (Å²) in [4.78, 5) is 22.9. The number of hydrogen-bond donors (Lipinski definition) is 2. The largest absolute Gasteiger partial charge is 0.466 e. The lowest BCUT2D eigenvalue weighted by atomic mass is 10.1. The van der Waals surface area contributed by atoms with E-state index in [2.05, 4.69) is 22.2 Å². The molecule has 0 radical (unpaired) electrons. The fourth-order valence-electron chi connectivity index (χ4n) is 2.62. The van der Waals surface area contributed by atoms with Gasteiger partial charge in [0, 0.05) is 18.3 Å². The number of nitrogens with one attached hydrogen (secondary N) is 1. The van der Waals surface area contributed by atoms with Crippen LogP contribution in [0.3, 0.4) is 0 Å². The van der Waals surface area contributed by atoms with Gasteiger partial charge in [0.05, 0.1) is 19.8 Å². The first-order chi connectivity index (χ1) is 15.0. The maximum Gasteiger partial charge on any atom is 0.339 e.